The maximum absolute atomic E-state index is 5.50. The van der Waals surface area contributed by atoms with Crippen LogP contribution in [0.1, 0.15) is 25.1 Å². The molecule has 0 radical (unpaired) electrons. The first-order valence-electron chi connectivity index (χ1n) is 9.68. The Balaban J connectivity index is 1.39. The number of benzene rings is 1. The van der Waals surface area contributed by atoms with E-state index in [1.165, 1.54) is 0 Å². The molecule has 1 N–H and O–H groups in total. The molecule has 28 heavy (non-hydrogen) atoms. The van der Waals surface area contributed by atoms with Crippen LogP contribution in [0.3, 0.4) is 0 Å². The summed E-state index contributed by atoms with van der Waals surface area (Å²) in [6, 6.07) is 12.4. The molecule has 3 aromatic rings. The molecule has 0 spiro atoms. The fraction of sp³-hybridized carbons (Fsp3) is 0.381. The van der Waals surface area contributed by atoms with Gasteiger partial charge in [-0.05, 0) is 12.3 Å². The van der Waals surface area contributed by atoms with Crippen molar-refractivity contribution < 1.29 is 4.52 Å². The van der Waals surface area contributed by atoms with Crippen molar-refractivity contribution in [2.24, 2.45) is 10.9 Å². The van der Waals surface area contributed by atoms with Gasteiger partial charge in [0.05, 0.1) is 18.9 Å². The third-order valence-electron chi connectivity index (χ3n) is 5.39. The molecule has 1 aromatic carbocycles. The molecule has 7 heteroatoms. The summed E-state index contributed by atoms with van der Waals surface area (Å²) in [6.07, 6.45) is 6.90. The van der Waals surface area contributed by atoms with Gasteiger partial charge in [0.25, 0.3) is 0 Å². The Hall–Kier alpha value is -3.09. The molecule has 0 bridgehead atoms. The summed E-state index contributed by atoms with van der Waals surface area (Å²) in [5, 5.41) is 7.60. The Morgan fingerprint density at radius 2 is 2.18 bits per heavy atom. The Bertz CT molecular complexity index is 902. The zero-order valence-electron chi connectivity index (χ0n) is 16.3. The number of piperidine rings is 1. The highest BCUT2D eigenvalue weighted by atomic mass is 16.5. The van der Waals surface area contributed by atoms with Crippen molar-refractivity contribution in [3.63, 3.8) is 0 Å². The van der Waals surface area contributed by atoms with E-state index >= 15 is 0 Å². The molecule has 1 aliphatic heterocycles. The maximum Gasteiger partial charge on any atom is 0.194 e. The van der Waals surface area contributed by atoms with Gasteiger partial charge in [-0.25, -0.2) is 4.98 Å². The molecule has 2 aromatic heterocycles. The minimum atomic E-state index is 0.393. The molecule has 0 saturated carbocycles. The molecule has 3 heterocycles. The summed E-state index contributed by atoms with van der Waals surface area (Å²) in [5.41, 5.74) is 1.90. The first-order valence-corrected chi connectivity index (χ1v) is 9.68. The SMILES string of the molecule is CN=C(NCc1cc(-c2ccccc2)no1)N1CCC(C)C(n2ccnc2)C1. The van der Waals surface area contributed by atoms with Crippen LogP contribution in [0, 0.1) is 5.92 Å². The monoisotopic (exact) mass is 378 g/mol. The van der Waals surface area contributed by atoms with Gasteiger partial charge in [-0.15, -0.1) is 0 Å². The standard InChI is InChI=1S/C21H26N6O/c1-16-8-10-26(14-20(16)27-11-9-23-15-27)21(22-2)24-13-18-12-19(25-28-18)17-6-4-3-5-7-17/h3-7,9,11-12,15-16,20H,8,10,13-14H2,1-2H3,(H,22,24). The Morgan fingerprint density at radius 1 is 1.32 bits per heavy atom. The van der Waals surface area contributed by atoms with E-state index in [4.69, 9.17) is 4.52 Å². The molecule has 0 amide bonds. The first kappa shape index (κ1) is 18.3. The highest BCUT2D eigenvalue weighted by molar-refractivity contribution is 5.80. The second kappa shape index (κ2) is 8.29. The minimum Gasteiger partial charge on any atom is -0.359 e. The van der Waals surface area contributed by atoms with Crippen LogP contribution in [0.5, 0.6) is 0 Å². The molecular formula is C21H26N6O. The molecule has 146 valence electrons. The van der Waals surface area contributed by atoms with E-state index in [0.29, 0.717) is 18.5 Å². The lowest BCUT2D eigenvalue weighted by molar-refractivity contribution is 0.188. The van der Waals surface area contributed by atoms with Crippen molar-refractivity contribution >= 4 is 5.96 Å². The predicted molar refractivity (Wildman–Crippen MR) is 109 cm³/mol. The number of rotatable bonds is 4. The van der Waals surface area contributed by atoms with Crippen molar-refractivity contribution in [3.05, 3.63) is 60.9 Å². The first-order chi connectivity index (χ1) is 13.7. The van der Waals surface area contributed by atoms with E-state index in [2.05, 4.69) is 36.8 Å². The molecule has 4 rings (SSSR count). The molecule has 7 nitrogen and oxygen atoms in total. The topological polar surface area (TPSA) is 71.5 Å². The number of guanidine groups is 1. The number of nitrogens with one attached hydrogen (secondary N) is 1. The predicted octanol–water partition coefficient (Wildman–Crippen LogP) is 3.20. The van der Waals surface area contributed by atoms with E-state index in [9.17, 15) is 0 Å². The molecule has 0 aliphatic carbocycles. The Morgan fingerprint density at radius 3 is 2.93 bits per heavy atom. The van der Waals surface area contributed by atoms with Crippen molar-refractivity contribution in [3.8, 4) is 11.3 Å². The van der Waals surface area contributed by atoms with E-state index in [1.807, 2.05) is 62.2 Å². The van der Waals surface area contributed by atoms with Crippen LogP contribution in [0.4, 0.5) is 0 Å². The van der Waals surface area contributed by atoms with Gasteiger partial charge in [0, 0.05) is 44.2 Å². The summed E-state index contributed by atoms with van der Waals surface area (Å²) in [7, 11) is 1.82. The second-order valence-electron chi connectivity index (χ2n) is 7.23. The molecule has 1 aliphatic rings. The fourth-order valence-electron chi connectivity index (χ4n) is 3.73. The zero-order chi connectivity index (χ0) is 19.3. The van der Waals surface area contributed by atoms with Crippen molar-refractivity contribution in [2.75, 3.05) is 20.1 Å². The zero-order valence-corrected chi connectivity index (χ0v) is 16.3. The fourth-order valence-corrected chi connectivity index (χ4v) is 3.73. The number of aliphatic imine (C=N–C) groups is 1. The van der Waals surface area contributed by atoms with E-state index < -0.39 is 0 Å². The second-order valence-corrected chi connectivity index (χ2v) is 7.23. The number of aromatic nitrogens is 3. The van der Waals surface area contributed by atoms with Crippen molar-refractivity contribution in [1.82, 2.24) is 24.9 Å². The average Bonchev–Trinajstić information content (AvgIpc) is 3.42. The number of imidazole rings is 1. The number of hydrogen-bond donors (Lipinski definition) is 1. The minimum absolute atomic E-state index is 0.393. The summed E-state index contributed by atoms with van der Waals surface area (Å²) in [6.45, 7) is 4.74. The third kappa shape index (κ3) is 3.93. The lowest BCUT2D eigenvalue weighted by Crippen LogP contribution is -2.48. The lowest BCUT2D eigenvalue weighted by Gasteiger charge is -2.39. The van der Waals surface area contributed by atoms with Gasteiger partial charge in [0.15, 0.2) is 11.7 Å². The smallest absolute Gasteiger partial charge is 0.194 e. The molecular weight excluding hydrogens is 352 g/mol. The summed E-state index contributed by atoms with van der Waals surface area (Å²) < 4.78 is 7.70. The summed E-state index contributed by atoms with van der Waals surface area (Å²) >= 11 is 0. The number of hydrogen-bond acceptors (Lipinski definition) is 4. The highest BCUT2D eigenvalue weighted by Gasteiger charge is 2.28. The van der Waals surface area contributed by atoms with E-state index in [0.717, 1.165) is 42.5 Å². The van der Waals surface area contributed by atoms with Crippen LogP contribution < -0.4 is 5.32 Å². The van der Waals surface area contributed by atoms with Gasteiger partial charge in [-0.2, -0.15) is 0 Å². The Labute approximate surface area is 165 Å². The van der Waals surface area contributed by atoms with Gasteiger partial charge < -0.3 is 19.3 Å². The molecule has 2 atom stereocenters. The number of likely N-dealkylation sites (tertiary alicyclic amines) is 1. The molecule has 1 saturated heterocycles. The molecule has 1 fully saturated rings. The van der Waals surface area contributed by atoms with E-state index in [-0.39, 0.29) is 0 Å². The van der Waals surface area contributed by atoms with Crippen LogP contribution in [0.25, 0.3) is 11.3 Å². The van der Waals surface area contributed by atoms with E-state index in [1.54, 1.807) is 0 Å². The average molecular weight is 378 g/mol. The maximum atomic E-state index is 5.50. The summed E-state index contributed by atoms with van der Waals surface area (Å²) in [4.78, 5) is 11.0. The van der Waals surface area contributed by atoms with Gasteiger partial charge in [-0.3, -0.25) is 4.99 Å². The van der Waals surface area contributed by atoms with Gasteiger partial charge in [-0.1, -0.05) is 42.4 Å². The van der Waals surface area contributed by atoms with Crippen LogP contribution in [-0.4, -0.2) is 45.7 Å². The van der Waals surface area contributed by atoms with Crippen molar-refractivity contribution in [2.45, 2.75) is 25.9 Å². The molecule has 2 unspecified atom stereocenters. The van der Waals surface area contributed by atoms with Crippen LogP contribution in [0.2, 0.25) is 0 Å². The quantitative estimate of drug-likeness (QED) is 0.558. The van der Waals surface area contributed by atoms with Gasteiger partial charge in [0.1, 0.15) is 5.69 Å². The normalized spacial score (nSPS) is 20.4. The van der Waals surface area contributed by atoms with Crippen LogP contribution in [-0.2, 0) is 6.54 Å². The third-order valence-corrected chi connectivity index (χ3v) is 5.39. The van der Waals surface area contributed by atoms with Crippen LogP contribution >= 0.6 is 0 Å². The summed E-state index contributed by atoms with van der Waals surface area (Å²) in [5.74, 6) is 2.28. The lowest BCUT2D eigenvalue weighted by atomic mass is 9.93. The number of nitrogens with zero attached hydrogens (tertiary/aromatic N) is 5. The largest absolute Gasteiger partial charge is 0.359 e. The van der Waals surface area contributed by atoms with Gasteiger partial charge in [0.2, 0.25) is 0 Å². The Kier molecular flexibility index (Phi) is 5.41. The van der Waals surface area contributed by atoms with Crippen LogP contribution in [0.15, 0.2) is 64.6 Å². The van der Waals surface area contributed by atoms with Gasteiger partial charge >= 0.3 is 0 Å². The van der Waals surface area contributed by atoms with Crippen molar-refractivity contribution in [1.29, 1.82) is 0 Å². The highest BCUT2D eigenvalue weighted by Crippen LogP contribution is 2.27.